The molecule has 8 heteroatoms. The fraction of sp³-hybridized carbons (Fsp3) is 0.400. The lowest BCUT2D eigenvalue weighted by Crippen LogP contribution is -2.14. The van der Waals surface area contributed by atoms with Crippen molar-refractivity contribution in [2.45, 2.75) is 46.1 Å². The van der Waals surface area contributed by atoms with Crippen LogP contribution < -0.4 is 10.4 Å². The van der Waals surface area contributed by atoms with Crippen molar-refractivity contribution in [2.75, 3.05) is 7.11 Å². The summed E-state index contributed by atoms with van der Waals surface area (Å²) in [4.78, 5) is 28.5. The van der Waals surface area contributed by atoms with Crippen molar-refractivity contribution < 1.29 is 23.2 Å². The Morgan fingerprint density at radius 1 is 1.29 bits per heavy atom. The van der Waals surface area contributed by atoms with Gasteiger partial charge in [0.2, 0.25) is 0 Å². The zero-order valence-electron chi connectivity index (χ0n) is 16.3. The van der Waals surface area contributed by atoms with Crippen molar-refractivity contribution in [1.29, 1.82) is 0 Å². The van der Waals surface area contributed by atoms with Crippen LogP contribution in [0.5, 0.6) is 5.75 Å². The number of carbonyl (C=O) groups excluding carboxylic acids is 1. The molecular weight excluding hydrogens is 364 g/mol. The minimum Gasteiger partial charge on any atom is -0.497 e. The van der Waals surface area contributed by atoms with E-state index in [9.17, 15) is 9.59 Å². The Morgan fingerprint density at radius 3 is 2.75 bits per heavy atom. The van der Waals surface area contributed by atoms with Crippen LogP contribution in [0, 0.1) is 6.92 Å². The normalized spacial score (nSPS) is 11.2. The minimum atomic E-state index is -0.468. The van der Waals surface area contributed by atoms with Crippen LogP contribution in [0.1, 0.15) is 49.0 Å². The van der Waals surface area contributed by atoms with E-state index in [1.54, 1.807) is 19.2 Å². The van der Waals surface area contributed by atoms with E-state index in [0.717, 1.165) is 10.9 Å². The fourth-order valence-corrected chi connectivity index (χ4v) is 2.79. The van der Waals surface area contributed by atoms with E-state index in [-0.39, 0.29) is 31.3 Å². The molecule has 8 nitrogen and oxygen atoms in total. The van der Waals surface area contributed by atoms with E-state index in [1.165, 1.54) is 0 Å². The molecule has 0 unspecified atom stereocenters. The predicted molar refractivity (Wildman–Crippen MR) is 100 cm³/mol. The highest BCUT2D eigenvalue weighted by Crippen LogP contribution is 2.24. The van der Waals surface area contributed by atoms with Crippen LogP contribution in [0.3, 0.4) is 0 Å². The van der Waals surface area contributed by atoms with Crippen LogP contribution in [-0.2, 0) is 22.6 Å². The molecule has 0 spiro atoms. The first-order chi connectivity index (χ1) is 13.4. The summed E-state index contributed by atoms with van der Waals surface area (Å²) in [6.45, 7) is 5.62. The number of ether oxygens (including phenoxy) is 2. The lowest BCUT2D eigenvalue weighted by Gasteiger charge is -2.08. The summed E-state index contributed by atoms with van der Waals surface area (Å²) < 4.78 is 20.7. The van der Waals surface area contributed by atoms with E-state index in [2.05, 4.69) is 10.1 Å². The lowest BCUT2D eigenvalue weighted by molar-refractivity contribution is -0.145. The van der Waals surface area contributed by atoms with Crippen molar-refractivity contribution in [3.63, 3.8) is 0 Å². The molecule has 148 valence electrons. The maximum Gasteiger partial charge on any atom is 0.339 e. The average Bonchev–Trinajstić information content (AvgIpc) is 3.15. The standard InChI is InChI=1S/C20H22N2O6/c1-11(2)19-21-17(28-22-19)10-26-18(23)8-7-15-12(3)14-6-5-13(25-4)9-16(14)27-20(15)24/h5-6,9,11H,7-8,10H2,1-4H3. The smallest absolute Gasteiger partial charge is 0.339 e. The fourth-order valence-electron chi connectivity index (χ4n) is 2.79. The maximum absolute atomic E-state index is 12.3. The average molecular weight is 386 g/mol. The second kappa shape index (κ2) is 8.24. The molecule has 28 heavy (non-hydrogen) atoms. The highest BCUT2D eigenvalue weighted by atomic mass is 16.6. The second-order valence-electron chi connectivity index (χ2n) is 6.72. The molecule has 0 bridgehead atoms. The van der Waals surface area contributed by atoms with Gasteiger partial charge in [0.15, 0.2) is 12.4 Å². The largest absolute Gasteiger partial charge is 0.497 e. The van der Waals surface area contributed by atoms with E-state index in [1.807, 2.05) is 26.8 Å². The van der Waals surface area contributed by atoms with E-state index in [0.29, 0.717) is 22.7 Å². The Hall–Kier alpha value is -3.16. The Kier molecular flexibility index (Phi) is 5.77. The molecule has 0 amide bonds. The Balaban J connectivity index is 1.65. The molecule has 0 fully saturated rings. The summed E-state index contributed by atoms with van der Waals surface area (Å²) >= 11 is 0. The molecule has 0 N–H and O–H groups in total. The third-order valence-corrected chi connectivity index (χ3v) is 4.43. The number of rotatable bonds is 7. The van der Waals surface area contributed by atoms with E-state index in [4.69, 9.17) is 18.4 Å². The summed E-state index contributed by atoms with van der Waals surface area (Å²) in [5.74, 6) is 1.08. The van der Waals surface area contributed by atoms with Gasteiger partial charge in [-0.3, -0.25) is 4.79 Å². The number of aromatic nitrogens is 2. The molecular formula is C20H22N2O6. The first-order valence-electron chi connectivity index (χ1n) is 8.97. The topological polar surface area (TPSA) is 105 Å². The van der Waals surface area contributed by atoms with Crippen LogP contribution in [0.25, 0.3) is 11.0 Å². The number of nitrogens with zero attached hydrogens (tertiary/aromatic N) is 2. The monoisotopic (exact) mass is 386 g/mol. The van der Waals surface area contributed by atoms with Crippen LogP contribution in [-0.4, -0.2) is 23.2 Å². The summed E-state index contributed by atoms with van der Waals surface area (Å²) in [5.41, 5.74) is 1.21. The van der Waals surface area contributed by atoms with Gasteiger partial charge in [-0.2, -0.15) is 4.98 Å². The van der Waals surface area contributed by atoms with Crippen molar-refractivity contribution >= 4 is 16.9 Å². The number of hydrogen-bond acceptors (Lipinski definition) is 8. The Bertz CT molecular complexity index is 1050. The van der Waals surface area contributed by atoms with Gasteiger partial charge in [-0.1, -0.05) is 19.0 Å². The SMILES string of the molecule is COc1ccc2c(C)c(CCC(=O)OCc3nc(C(C)C)no3)c(=O)oc2c1. The quantitative estimate of drug-likeness (QED) is 0.450. The van der Waals surface area contributed by atoms with Crippen molar-refractivity contribution in [1.82, 2.24) is 10.1 Å². The molecule has 0 radical (unpaired) electrons. The third-order valence-electron chi connectivity index (χ3n) is 4.43. The summed E-state index contributed by atoms with van der Waals surface area (Å²) in [6.07, 6.45) is 0.258. The Morgan fingerprint density at radius 2 is 2.07 bits per heavy atom. The zero-order valence-corrected chi connectivity index (χ0v) is 16.3. The highest BCUT2D eigenvalue weighted by molar-refractivity contribution is 5.82. The first kappa shape index (κ1) is 19.6. The molecule has 3 rings (SSSR count). The van der Waals surface area contributed by atoms with Crippen LogP contribution in [0.2, 0.25) is 0 Å². The molecule has 2 aromatic heterocycles. The molecule has 3 aromatic rings. The molecule has 0 atom stereocenters. The molecule has 0 saturated carbocycles. The molecule has 0 aliphatic heterocycles. The third kappa shape index (κ3) is 4.21. The summed E-state index contributed by atoms with van der Waals surface area (Å²) in [6, 6.07) is 5.29. The van der Waals surface area contributed by atoms with Gasteiger partial charge in [0.05, 0.1) is 7.11 Å². The Labute approximate surface area is 161 Å². The van der Waals surface area contributed by atoms with Gasteiger partial charge < -0.3 is 18.4 Å². The van der Waals surface area contributed by atoms with Gasteiger partial charge in [0.1, 0.15) is 11.3 Å². The summed E-state index contributed by atoms with van der Waals surface area (Å²) in [5, 5.41) is 4.61. The van der Waals surface area contributed by atoms with Crippen LogP contribution in [0.15, 0.2) is 31.9 Å². The first-order valence-corrected chi connectivity index (χ1v) is 8.97. The number of methoxy groups -OCH3 is 1. The number of hydrogen-bond donors (Lipinski definition) is 0. The molecule has 0 aliphatic rings. The molecule has 0 aliphatic carbocycles. The van der Waals surface area contributed by atoms with Crippen LogP contribution >= 0.6 is 0 Å². The van der Waals surface area contributed by atoms with Crippen molar-refractivity contribution in [2.24, 2.45) is 0 Å². The van der Waals surface area contributed by atoms with Gasteiger partial charge in [-0.15, -0.1) is 0 Å². The number of benzene rings is 1. The van der Waals surface area contributed by atoms with Gasteiger partial charge in [0.25, 0.3) is 5.89 Å². The number of fused-ring (bicyclic) bond motifs is 1. The summed E-state index contributed by atoms with van der Waals surface area (Å²) in [7, 11) is 1.55. The van der Waals surface area contributed by atoms with Crippen molar-refractivity contribution in [3.8, 4) is 5.75 Å². The minimum absolute atomic E-state index is 0.0401. The highest BCUT2D eigenvalue weighted by Gasteiger charge is 2.15. The van der Waals surface area contributed by atoms with Gasteiger partial charge in [0, 0.05) is 29.4 Å². The maximum atomic E-state index is 12.3. The molecule has 0 saturated heterocycles. The molecule has 2 heterocycles. The number of esters is 1. The van der Waals surface area contributed by atoms with Gasteiger partial charge in [-0.05, 0) is 31.0 Å². The lowest BCUT2D eigenvalue weighted by atomic mass is 10.0. The number of aryl methyl sites for hydroxylation is 1. The predicted octanol–water partition coefficient (Wildman–Crippen LogP) is 3.29. The van der Waals surface area contributed by atoms with Gasteiger partial charge in [-0.25, -0.2) is 4.79 Å². The van der Waals surface area contributed by atoms with Crippen LogP contribution in [0.4, 0.5) is 0 Å². The molecule has 1 aromatic carbocycles. The second-order valence-corrected chi connectivity index (χ2v) is 6.72. The van der Waals surface area contributed by atoms with E-state index >= 15 is 0 Å². The number of carbonyl (C=O) groups is 1. The van der Waals surface area contributed by atoms with Gasteiger partial charge >= 0.3 is 11.6 Å². The zero-order chi connectivity index (χ0) is 20.3. The van der Waals surface area contributed by atoms with Crippen molar-refractivity contribution in [3.05, 3.63) is 51.5 Å². The van der Waals surface area contributed by atoms with E-state index < -0.39 is 11.6 Å².